The molecule has 0 fully saturated rings. The third-order valence-electron chi connectivity index (χ3n) is 6.84. The Balaban J connectivity index is 1.39. The molecule has 34 heavy (non-hydrogen) atoms. The fourth-order valence-corrected chi connectivity index (χ4v) is 5.48. The van der Waals surface area contributed by atoms with Gasteiger partial charge in [-0.3, -0.25) is 0 Å². The molecule has 160 valence electrons. The van der Waals surface area contributed by atoms with Gasteiger partial charge in [0, 0.05) is 17.5 Å². The highest BCUT2D eigenvalue weighted by atomic mass is 35.5. The maximum absolute atomic E-state index is 6.35. The van der Waals surface area contributed by atoms with Crippen molar-refractivity contribution in [1.29, 1.82) is 0 Å². The molecule has 0 spiro atoms. The average molecular weight is 455 g/mol. The van der Waals surface area contributed by atoms with Crippen molar-refractivity contribution in [2.45, 2.75) is 6.42 Å². The van der Waals surface area contributed by atoms with Crippen molar-refractivity contribution in [2.24, 2.45) is 0 Å². The lowest BCUT2D eigenvalue weighted by Gasteiger charge is -2.13. The number of rotatable bonds is 2. The number of hydrogen-bond acceptors (Lipinski definition) is 2. The first-order valence-corrected chi connectivity index (χ1v) is 11.8. The molecule has 0 amide bonds. The highest BCUT2D eigenvalue weighted by Gasteiger charge is 2.25. The quantitative estimate of drug-likeness (QED) is 0.194. The number of halogens is 1. The highest BCUT2D eigenvalue weighted by molar-refractivity contribution is 6.28. The van der Waals surface area contributed by atoms with E-state index in [-0.39, 0.29) is 0 Å². The van der Waals surface area contributed by atoms with Crippen molar-refractivity contribution in [2.75, 3.05) is 0 Å². The van der Waals surface area contributed by atoms with Gasteiger partial charge in [0.15, 0.2) is 0 Å². The molecule has 0 saturated carbocycles. The standard InChI is InChI=1S/C31H19ClN2/c32-31-33-28-18-22-8-2-4-10-24(22)29(28)30(34-31)20-15-13-19(14-16-20)27-17-21-7-1-3-9-23(21)25-11-5-6-12-26(25)27/h1-17H,18H2. The summed E-state index contributed by atoms with van der Waals surface area (Å²) in [5, 5.41) is 5.36. The maximum Gasteiger partial charge on any atom is 0.223 e. The van der Waals surface area contributed by atoms with Gasteiger partial charge in [-0.1, -0.05) is 97.1 Å². The van der Waals surface area contributed by atoms with Gasteiger partial charge in [0.25, 0.3) is 0 Å². The molecular weight excluding hydrogens is 436 g/mol. The summed E-state index contributed by atoms with van der Waals surface area (Å²) in [6, 6.07) is 36.6. The number of nitrogens with zero attached hydrogens (tertiary/aromatic N) is 2. The van der Waals surface area contributed by atoms with Gasteiger partial charge in [0.1, 0.15) is 0 Å². The molecule has 0 N–H and O–H groups in total. The molecule has 1 heterocycles. The van der Waals surface area contributed by atoms with Crippen molar-refractivity contribution >= 4 is 33.1 Å². The largest absolute Gasteiger partial charge is 0.223 e. The van der Waals surface area contributed by atoms with Gasteiger partial charge in [0.05, 0.1) is 11.4 Å². The highest BCUT2D eigenvalue weighted by Crippen LogP contribution is 2.42. The van der Waals surface area contributed by atoms with Crippen LogP contribution in [-0.4, -0.2) is 9.97 Å². The van der Waals surface area contributed by atoms with E-state index in [9.17, 15) is 0 Å². The fraction of sp³-hybridized carbons (Fsp3) is 0.0323. The van der Waals surface area contributed by atoms with Gasteiger partial charge >= 0.3 is 0 Å². The second-order valence-electron chi connectivity index (χ2n) is 8.77. The van der Waals surface area contributed by atoms with Gasteiger partial charge in [0.2, 0.25) is 5.28 Å². The molecule has 0 aliphatic heterocycles. The topological polar surface area (TPSA) is 25.8 Å². The van der Waals surface area contributed by atoms with Crippen LogP contribution in [0.2, 0.25) is 5.28 Å². The number of hydrogen-bond donors (Lipinski definition) is 0. The van der Waals surface area contributed by atoms with Gasteiger partial charge in [-0.05, 0) is 61.5 Å². The van der Waals surface area contributed by atoms with E-state index in [1.165, 1.54) is 43.8 Å². The summed E-state index contributed by atoms with van der Waals surface area (Å²) in [6.45, 7) is 0. The number of fused-ring (bicyclic) bond motifs is 6. The van der Waals surface area contributed by atoms with Crippen LogP contribution in [0.4, 0.5) is 0 Å². The molecule has 0 unspecified atom stereocenters. The van der Waals surface area contributed by atoms with Crippen LogP contribution < -0.4 is 0 Å². The molecule has 5 aromatic carbocycles. The lowest BCUT2D eigenvalue weighted by Crippen LogP contribution is -1.96. The molecule has 1 aromatic heterocycles. The third-order valence-corrected chi connectivity index (χ3v) is 7.01. The first kappa shape index (κ1) is 19.5. The summed E-state index contributed by atoms with van der Waals surface area (Å²) >= 11 is 6.35. The van der Waals surface area contributed by atoms with E-state index in [0.717, 1.165) is 28.9 Å². The van der Waals surface area contributed by atoms with E-state index in [4.69, 9.17) is 11.6 Å². The Hall–Kier alpha value is -4.01. The molecule has 0 bridgehead atoms. The molecule has 1 aliphatic rings. The molecule has 0 saturated heterocycles. The zero-order valence-corrected chi connectivity index (χ0v) is 19.1. The lowest BCUT2D eigenvalue weighted by molar-refractivity contribution is 1.07. The summed E-state index contributed by atoms with van der Waals surface area (Å²) in [5.74, 6) is 0. The molecule has 0 atom stereocenters. The summed E-state index contributed by atoms with van der Waals surface area (Å²) < 4.78 is 0. The zero-order valence-electron chi connectivity index (χ0n) is 18.3. The van der Waals surface area contributed by atoms with Crippen molar-refractivity contribution in [1.82, 2.24) is 9.97 Å². The van der Waals surface area contributed by atoms with Gasteiger partial charge in [-0.15, -0.1) is 0 Å². The van der Waals surface area contributed by atoms with Crippen LogP contribution in [0.3, 0.4) is 0 Å². The van der Waals surface area contributed by atoms with E-state index in [2.05, 4.69) is 113 Å². The van der Waals surface area contributed by atoms with Crippen LogP contribution >= 0.6 is 11.6 Å². The van der Waals surface area contributed by atoms with Crippen LogP contribution in [0.1, 0.15) is 11.3 Å². The van der Waals surface area contributed by atoms with Crippen LogP contribution in [0.5, 0.6) is 0 Å². The minimum Gasteiger partial charge on any atom is -0.222 e. The SMILES string of the molecule is Clc1nc2c(c(-c3ccc(-c4cc5ccccc5c5ccccc45)cc3)n1)-c1ccccc1C2. The van der Waals surface area contributed by atoms with Gasteiger partial charge in [-0.2, -0.15) is 0 Å². The van der Waals surface area contributed by atoms with Crippen molar-refractivity contribution < 1.29 is 0 Å². The maximum atomic E-state index is 6.35. The Labute approximate surface area is 202 Å². The van der Waals surface area contributed by atoms with Crippen LogP contribution in [0.25, 0.3) is 55.1 Å². The normalized spacial score (nSPS) is 12.1. The fourth-order valence-electron chi connectivity index (χ4n) is 5.30. The summed E-state index contributed by atoms with van der Waals surface area (Å²) in [4.78, 5) is 9.20. The summed E-state index contributed by atoms with van der Waals surface area (Å²) in [5.41, 5.74) is 8.94. The molecule has 6 aromatic rings. The van der Waals surface area contributed by atoms with Crippen molar-refractivity contribution in [3.63, 3.8) is 0 Å². The zero-order chi connectivity index (χ0) is 22.6. The Morgan fingerprint density at radius 3 is 2.12 bits per heavy atom. The smallest absolute Gasteiger partial charge is 0.222 e. The molecule has 1 aliphatic carbocycles. The van der Waals surface area contributed by atoms with Crippen LogP contribution in [0.15, 0.2) is 103 Å². The Bertz CT molecular complexity index is 1740. The Morgan fingerprint density at radius 1 is 0.588 bits per heavy atom. The summed E-state index contributed by atoms with van der Waals surface area (Å²) in [6.07, 6.45) is 0.794. The average Bonchev–Trinajstić information content (AvgIpc) is 3.26. The monoisotopic (exact) mass is 454 g/mol. The van der Waals surface area contributed by atoms with E-state index < -0.39 is 0 Å². The van der Waals surface area contributed by atoms with Crippen molar-refractivity contribution in [3.05, 3.63) is 120 Å². The van der Waals surface area contributed by atoms with E-state index >= 15 is 0 Å². The van der Waals surface area contributed by atoms with Crippen LogP contribution in [-0.2, 0) is 6.42 Å². The Kier molecular flexibility index (Phi) is 4.30. The predicted molar refractivity (Wildman–Crippen MR) is 141 cm³/mol. The first-order valence-electron chi connectivity index (χ1n) is 11.4. The van der Waals surface area contributed by atoms with Crippen molar-refractivity contribution in [3.8, 4) is 33.5 Å². The minimum absolute atomic E-state index is 0.297. The molecule has 2 nitrogen and oxygen atoms in total. The van der Waals surface area contributed by atoms with Gasteiger partial charge in [-0.25, -0.2) is 9.97 Å². The first-order chi connectivity index (χ1) is 16.8. The predicted octanol–water partition coefficient (Wildman–Crippen LogP) is 8.34. The van der Waals surface area contributed by atoms with E-state index in [1.807, 2.05) is 0 Å². The summed E-state index contributed by atoms with van der Waals surface area (Å²) in [7, 11) is 0. The number of benzene rings is 5. The second-order valence-corrected chi connectivity index (χ2v) is 9.10. The Morgan fingerprint density at radius 2 is 1.26 bits per heavy atom. The third kappa shape index (κ3) is 2.96. The number of aromatic nitrogens is 2. The lowest BCUT2D eigenvalue weighted by atomic mass is 9.92. The second kappa shape index (κ2) is 7.51. The minimum atomic E-state index is 0.297. The molecule has 0 radical (unpaired) electrons. The van der Waals surface area contributed by atoms with Crippen LogP contribution in [0, 0.1) is 0 Å². The van der Waals surface area contributed by atoms with E-state index in [0.29, 0.717) is 5.28 Å². The van der Waals surface area contributed by atoms with E-state index in [1.54, 1.807) is 0 Å². The molecular formula is C31H19ClN2. The molecule has 7 rings (SSSR count). The van der Waals surface area contributed by atoms with Gasteiger partial charge < -0.3 is 0 Å². The molecule has 3 heteroatoms.